The number of benzene rings is 1. The van der Waals surface area contributed by atoms with Gasteiger partial charge in [-0.2, -0.15) is 19.0 Å². The van der Waals surface area contributed by atoms with Gasteiger partial charge in [0.15, 0.2) is 0 Å². The highest BCUT2D eigenvalue weighted by Gasteiger charge is 2.20. The largest absolute Gasteiger partial charge is 0.309 e. The molecule has 0 heterocycles. The lowest BCUT2D eigenvalue weighted by molar-refractivity contribution is 0.802. The quantitative estimate of drug-likeness (QED) is 0.362. The van der Waals surface area contributed by atoms with E-state index < -0.39 is 6.15 Å². The summed E-state index contributed by atoms with van der Waals surface area (Å²) >= 11 is 0. The summed E-state index contributed by atoms with van der Waals surface area (Å²) in [5, 5.41) is 0. The van der Waals surface area contributed by atoms with Gasteiger partial charge in [0.05, 0.1) is 6.15 Å². The summed E-state index contributed by atoms with van der Waals surface area (Å²) in [6, 6.07) is 10.5. The monoisotopic (exact) mass is 283 g/mol. The fourth-order valence-electron chi connectivity index (χ4n) is 3.19. The topological polar surface area (TPSA) is 0 Å². The maximum Gasteiger partial charge on any atom is 0.0713 e. The van der Waals surface area contributed by atoms with Gasteiger partial charge in [-0.25, -0.2) is 0 Å². The van der Waals surface area contributed by atoms with Crippen LogP contribution >= 0.6 is 0 Å². The van der Waals surface area contributed by atoms with Gasteiger partial charge in [-0.1, -0.05) is 77.5 Å². The standard InChI is InChI=1S/C20H32B/c1-4-7-16-21(17-8-5-2,18-9-6-3)19-15-20-13-11-10-12-14-20/h10-14H,4-9,16-18H2,1-3H3/q-1. The molecule has 0 aliphatic carbocycles. The second-order valence-corrected chi connectivity index (χ2v) is 6.54. The fraction of sp³-hybridized carbons (Fsp3) is 0.600. The van der Waals surface area contributed by atoms with E-state index in [2.05, 4.69) is 62.8 Å². The fourth-order valence-corrected chi connectivity index (χ4v) is 3.19. The Kier molecular flexibility index (Phi) is 8.99. The van der Waals surface area contributed by atoms with E-state index in [0.717, 1.165) is 0 Å². The lowest BCUT2D eigenvalue weighted by Gasteiger charge is -2.35. The van der Waals surface area contributed by atoms with Crippen LogP contribution in [0.5, 0.6) is 0 Å². The van der Waals surface area contributed by atoms with Crippen LogP contribution in [-0.4, -0.2) is 6.15 Å². The molecule has 0 amide bonds. The zero-order valence-corrected chi connectivity index (χ0v) is 14.3. The third-order valence-electron chi connectivity index (χ3n) is 4.63. The van der Waals surface area contributed by atoms with Crippen molar-refractivity contribution in [3.8, 4) is 11.7 Å². The van der Waals surface area contributed by atoms with Gasteiger partial charge in [0.25, 0.3) is 0 Å². The van der Waals surface area contributed by atoms with Crippen molar-refractivity contribution in [1.82, 2.24) is 0 Å². The highest BCUT2D eigenvalue weighted by Crippen LogP contribution is 2.27. The molecule has 0 N–H and O–H groups in total. The van der Waals surface area contributed by atoms with E-state index in [9.17, 15) is 0 Å². The number of hydrogen-bond donors (Lipinski definition) is 0. The maximum atomic E-state index is 3.77. The zero-order valence-electron chi connectivity index (χ0n) is 14.3. The molecule has 0 aliphatic heterocycles. The van der Waals surface area contributed by atoms with Gasteiger partial charge in [-0.15, -0.1) is 5.92 Å². The highest BCUT2D eigenvalue weighted by molar-refractivity contribution is 6.87. The Morgan fingerprint density at radius 1 is 0.762 bits per heavy atom. The molecule has 1 heteroatoms. The predicted molar refractivity (Wildman–Crippen MR) is 98.2 cm³/mol. The Bertz CT molecular complexity index is 402. The van der Waals surface area contributed by atoms with E-state index in [4.69, 9.17) is 0 Å². The maximum absolute atomic E-state index is 3.77. The number of unbranched alkanes of at least 4 members (excludes halogenated alkanes) is 3. The summed E-state index contributed by atoms with van der Waals surface area (Å²) in [5.41, 5.74) is 1.17. The van der Waals surface area contributed by atoms with Crippen LogP contribution in [0.25, 0.3) is 0 Å². The first kappa shape index (κ1) is 17.9. The molecule has 116 valence electrons. The van der Waals surface area contributed by atoms with E-state index in [1.54, 1.807) is 0 Å². The third kappa shape index (κ3) is 6.90. The molecule has 0 aromatic heterocycles. The van der Waals surface area contributed by atoms with Gasteiger partial charge in [0, 0.05) is 5.56 Å². The third-order valence-corrected chi connectivity index (χ3v) is 4.63. The van der Waals surface area contributed by atoms with Crippen LogP contribution in [0, 0.1) is 11.7 Å². The average molecular weight is 283 g/mol. The average Bonchev–Trinajstić information content (AvgIpc) is 2.54. The minimum atomic E-state index is -0.495. The molecule has 0 saturated carbocycles. The molecule has 0 unspecified atom stereocenters. The van der Waals surface area contributed by atoms with Crippen LogP contribution in [0.15, 0.2) is 30.3 Å². The molecule has 0 saturated heterocycles. The Morgan fingerprint density at radius 2 is 1.24 bits per heavy atom. The van der Waals surface area contributed by atoms with Crippen LogP contribution in [0.2, 0.25) is 19.0 Å². The predicted octanol–water partition coefficient (Wildman–Crippen LogP) is 6.43. The Balaban J connectivity index is 2.92. The Morgan fingerprint density at radius 3 is 1.67 bits per heavy atom. The van der Waals surface area contributed by atoms with Crippen molar-refractivity contribution >= 4 is 6.15 Å². The van der Waals surface area contributed by atoms with Crippen LogP contribution in [0.4, 0.5) is 0 Å². The molecule has 0 spiro atoms. The molecule has 0 bridgehead atoms. The summed E-state index contributed by atoms with van der Waals surface area (Å²) in [5.74, 6) is 7.26. The van der Waals surface area contributed by atoms with E-state index in [0.29, 0.717) is 0 Å². The Hall–Kier alpha value is -1.16. The molecular weight excluding hydrogens is 251 g/mol. The van der Waals surface area contributed by atoms with Gasteiger partial charge in [0.1, 0.15) is 0 Å². The first-order chi connectivity index (χ1) is 10.3. The molecule has 0 fully saturated rings. The molecular formula is C20H32B-. The SMILES string of the molecule is CCCC[B-](C#Cc1ccccc1)(CCCC)CCCC. The lowest BCUT2D eigenvalue weighted by atomic mass is 9.19. The van der Waals surface area contributed by atoms with Crippen molar-refractivity contribution in [2.75, 3.05) is 0 Å². The molecule has 0 aliphatic rings. The van der Waals surface area contributed by atoms with Crippen molar-refractivity contribution in [2.45, 2.75) is 78.3 Å². The first-order valence-electron chi connectivity index (χ1n) is 9.05. The van der Waals surface area contributed by atoms with Gasteiger partial charge >= 0.3 is 0 Å². The van der Waals surface area contributed by atoms with Crippen molar-refractivity contribution in [2.24, 2.45) is 0 Å². The van der Waals surface area contributed by atoms with E-state index in [1.807, 2.05) is 0 Å². The van der Waals surface area contributed by atoms with Crippen molar-refractivity contribution in [3.05, 3.63) is 35.9 Å². The molecule has 1 aromatic carbocycles. The molecule has 1 rings (SSSR count). The van der Waals surface area contributed by atoms with E-state index in [1.165, 1.54) is 63.0 Å². The zero-order chi connectivity index (χ0) is 15.4. The smallest absolute Gasteiger partial charge is 0.0713 e. The minimum Gasteiger partial charge on any atom is -0.309 e. The van der Waals surface area contributed by atoms with Crippen LogP contribution in [-0.2, 0) is 0 Å². The normalized spacial score (nSPS) is 11.0. The summed E-state index contributed by atoms with van der Waals surface area (Å²) in [6.07, 6.45) is 11.3. The van der Waals surface area contributed by atoms with Crippen LogP contribution in [0.1, 0.15) is 64.9 Å². The highest BCUT2D eigenvalue weighted by atomic mass is 14.0. The second kappa shape index (κ2) is 10.6. The van der Waals surface area contributed by atoms with Crippen molar-refractivity contribution < 1.29 is 0 Å². The summed E-state index contributed by atoms with van der Waals surface area (Å²) in [4.78, 5) is 0. The minimum absolute atomic E-state index is 0.495. The number of rotatable bonds is 9. The lowest BCUT2D eigenvalue weighted by Crippen LogP contribution is -2.32. The summed E-state index contributed by atoms with van der Waals surface area (Å²) < 4.78 is 0. The molecule has 1 aromatic rings. The summed E-state index contributed by atoms with van der Waals surface area (Å²) in [7, 11) is 0. The molecule has 0 atom stereocenters. The Labute approximate surface area is 132 Å². The second-order valence-electron chi connectivity index (χ2n) is 6.54. The molecule has 0 radical (unpaired) electrons. The van der Waals surface area contributed by atoms with E-state index >= 15 is 0 Å². The van der Waals surface area contributed by atoms with Gasteiger partial charge < -0.3 is 5.82 Å². The van der Waals surface area contributed by atoms with Gasteiger partial charge in [-0.3, -0.25) is 0 Å². The van der Waals surface area contributed by atoms with Crippen LogP contribution in [0.3, 0.4) is 0 Å². The van der Waals surface area contributed by atoms with E-state index in [-0.39, 0.29) is 0 Å². The van der Waals surface area contributed by atoms with Gasteiger partial charge in [-0.05, 0) is 12.1 Å². The molecule has 0 nitrogen and oxygen atoms in total. The molecule has 21 heavy (non-hydrogen) atoms. The summed E-state index contributed by atoms with van der Waals surface area (Å²) in [6.45, 7) is 6.89. The first-order valence-corrected chi connectivity index (χ1v) is 9.05. The number of hydrogen-bond acceptors (Lipinski definition) is 0. The van der Waals surface area contributed by atoms with Gasteiger partial charge in [0.2, 0.25) is 0 Å². The van der Waals surface area contributed by atoms with Crippen molar-refractivity contribution in [1.29, 1.82) is 0 Å². The van der Waals surface area contributed by atoms with Crippen LogP contribution < -0.4 is 0 Å². The van der Waals surface area contributed by atoms with Crippen molar-refractivity contribution in [3.63, 3.8) is 0 Å².